The fraction of sp³-hybridized carbons (Fsp3) is 0.682. The van der Waals surface area contributed by atoms with Crippen LogP contribution in [-0.2, 0) is 22.6 Å². The number of nitrogens with two attached hydrogens (primary N) is 1. The number of benzene rings is 1. The highest BCUT2D eigenvalue weighted by atomic mass is 16.5. The Balaban J connectivity index is 1.61. The Morgan fingerprint density at radius 1 is 1.08 bits per heavy atom. The van der Waals surface area contributed by atoms with Gasteiger partial charge in [0.05, 0.1) is 0 Å². The molecule has 3 N–H and O–H groups in total. The molecule has 0 unspecified atom stereocenters. The largest absolute Gasteiger partial charge is 0.461 e. The summed E-state index contributed by atoms with van der Waals surface area (Å²) in [5.41, 5.74) is 7.99. The molecule has 1 aromatic rings. The van der Waals surface area contributed by atoms with Crippen molar-refractivity contribution in [3.8, 4) is 0 Å². The van der Waals surface area contributed by atoms with Gasteiger partial charge in [-0.15, -0.1) is 0 Å². The Morgan fingerprint density at radius 2 is 1.69 bits per heavy atom. The van der Waals surface area contributed by atoms with Gasteiger partial charge in [-0.2, -0.15) is 0 Å². The van der Waals surface area contributed by atoms with Crippen LogP contribution in [0.2, 0.25) is 0 Å². The van der Waals surface area contributed by atoms with E-state index in [1.165, 1.54) is 31.2 Å². The summed E-state index contributed by atoms with van der Waals surface area (Å²) < 4.78 is 5.86. The average Bonchev–Trinajstić information content (AvgIpc) is 3.17. The minimum absolute atomic E-state index is 0.0324. The topological polar surface area (TPSA) is 64.3 Å². The van der Waals surface area contributed by atoms with Crippen LogP contribution in [0.3, 0.4) is 0 Å². The van der Waals surface area contributed by atoms with E-state index >= 15 is 0 Å². The first-order chi connectivity index (χ1) is 12.7. The summed E-state index contributed by atoms with van der Waals surface area (Å²) >= 11 is 0. The molecular formula is C22H34N2O2. The quantitative estimate of drug-likeness (QED) is 0.725. The summed E-state index contributed by atoms with van der Waals surface area (Å²) in [4.78, 5) is 12.9. The molecule has 1 atom stereocenters. The first-order valence-electron chi connectivity index (χ1n) is 10.4. The van der Waals surface area contributed by atoms with Gasteiger partial charge in [0.1, 0.15) is 12.1 Å². The van der Waals surface area contributed by atoms with Crippen molar-refractivity contribution in [1.29, 1.82) is 0 Å². The van der Waals surface area contributed by atoms with Crippen LogP contribution < -0.4 is 11.1 Å². The molecule has 26 heavy (non-hydrogen) atoms. The molecule has 0 amide bonds. The van der Waals surface area contributed by atoms with Crippen molar-refractivity contribution in [3.05, 3.63) is 35.4 Å². The molecule has 0 radical (unpaired) electrons. The van der Waals surface area contributed by atoms with E-state index in [1.54, 1.807) is 0 Å². The fourth-order valence-corrected chi connectivity index (χ4v) is 4.33. The molecule has 144 valence electrons. The van der Waals surface area contributed by atoms with Crippen LogP contribution in [0.5, 0.6) is 0 Å². The number of ether oxygens (including phenoxy) is 1. The van der Waals surface area contributed by atoms with Crippen LogP contribution in [0.1, 0.15) is 69.4 Å². The van der Waals surface area contributed by atoms with E-state index in [1.807, 2.05) is 0 Å². The molecule has 3 rings (SSSR count). The van der Waals surface area contributed by atoms with Gasteiger partial charge in [-0.3, -0.25) is 4.79 Å². The standard InChI is InChI=1S/C22H34N2O2/c1-16-6-12-19(13-7-16)21(22(25)26-20-4-2-3-5-20)24-15-18-10-8-17(14-23)9-11-18/h8-11,16,19-21,24H,2-7,12-15,23H2,1H3/t16?,19?,21-/m0/s1. The van der Waals surface area contributed by atoms with Gasteiger partial charge in [0, 0.05) is 13.1 Å². The molecule has 4 heteroatoms. The van der Waals surface area contributed by atoms with Crippen molar-refractivity contribution in [1.82, 2.24) is 5.32 Å². The van der Waals surface area contributed by atoms with Gasteiger partial charge in [0.25, 0.3) is 0 Å². The zero-order valence-corrected chi connectivity index (χ0v) is 16.1. The van der Waals surface area contributed by atoms with Gasteiger partial charge in [-0.1, -0.05) is 44.0 Å². The number of nitrogens with one attached hydrogen (secondary N) is 1. The summed E-state index contributed by atoms with van der Waals surface area (Å²) in [6.45, 7) is 3.57. The van der Waals surface area contributed by atoms with E-state index in [4.69, 9.17) is 10.5 Å². The van der Waals surface area contributed by atoms with Gasteiger partial charge >= 0.3 is 5.97 Å². The molecule has 4 nitrogen and oxygen atoms in total. The molecule has 0 saturated heterocycles. The van der Waals surface area contributed by atoms with Crippen LogP contribution in [0, 0.1) is 11.8 Å². The van der Waals surface area contributed by atoms with Crippen LogP contribution in [0.25, 0.3) is 0 Å². The van der Waals surface area contributed by atoms with Gasteiger partial charge in [-0.05, 0) is 61.5 Å². The Morgan fingerprint density at radius 3 is 2.31 bits per heavy atom. The zero-order chi connectivity index (χ0) is 18.4. The Labute approximate surface area is 157 Å². The lowest BCUT2D eigenvalue weighted by Crippen LogP contribution is -2.45. The lowest BCUT2D eigenvalue weighted by atomic mass is 9.79. The summed E-state index contributed by atoms with van der Waals surface area (Å²) in [6.07, 6.45) is 9.22. The van der Waals surface area contributed by atoms with Crippen molar-refractivity contribution in [2.24, 2.45) is 17.6 Å². The molecular weight excluding hydrogens is 324 g/mol. The monoisotopic (exact) mass is 358 g/mol. The lowest BCUT2D eigenvalue weighted by molar-refractivity contribution is -0.153. The molecule has 0 spiro atoms. The SMILES string of the molecule is CC1CCC([C@H](NCc2ccc(CN)cc2)C(=O)OC2CCCC2)CC1. The van der Waals surface area contributed by atoms with E-state index in [-0.39, 0.29) is 18.1 Å². The first-order valence-corrected chi connectivity index (χ1v) is 10.4. The van der Waals surface area contributed by atoms with E-state index in [9.17, 15) is 4.79 Å². The van der Waals surface area contributed by atoms with Crippen LogP contribution in [-0.4, -0.2) is 18.1 Å². The Bertz CT molecular complexity index is 558. The lowest BCUT2D eigenvalue weighted by Gasteiger charge is -2.32. The predicted octanol–water partition coefficient (Wildman–Crippen LogP) is 3.92. The normalized spacial score (nSPS) is 25.2. The van der Waals surface area contributed by atoms with E-state index in [2.05, 4.69) is 36.5 Å². The number of hydrogen-bond donors (Lipinski definition) is 2. The second-order valence-electron chi connectivity index (χ2n) is 8.24. The maximum atomic E-state index is 12.9. The van der Waals surface area contributed by atoms with Crippen molar-refractivity contribution < 1.29 is 9.53 Å². The highest BCUT2D eigenvalue weighted by Crippen LogP contribution is 2.32. The number of hydrogen-bond acceptors (Lipinski definition) is 4. The Hall–Kier alpha value is -1.39. The van der Waals surface area contributed by atoms with Gasteiger partial charge in [0.2, 0.25) is 0 Å². The van der Waals surface area contributed by atoms with Crippen LogP contribution >= 0.6 is 0 Å². The van der Waals surface area contributed by atoms with Crippen molar-refractivity contribution >= 4 is 5.97 Å². The summed E-state index contributed by atoms with van der Waals surface area (Å²) in [6, 6.07) is 8.13. The van der Waals surface area contributed by atoms with Crippen molar-refractivity contribution in [3.63, 3.8) is 0 Å². The third-order valence-corrected chi connectivity index (χ3v) is 6.16. The second-order valence-corrected chi connectivity index (χ2v) is 8.24. The highest BCUT2D eigenvalue weighted by molar-refractivity contribution is 5.76. The second kappa shape index (κ2) is 9.52. The molecule has 2 saturated carbocycles. The highest BCUT2D eigenvalue weighted by Gasteiger charge is 2.33. The third kappa shape index (κ3) is 5.31. The molecule has 2 aliphatic carbocycles. The Kier molecular flexibility index (Phi) is 7.09. The molecule has 0 bridgehead atoms. The molecule has 2 aliphatic rings. The van der Waals surface area contributed by atoms with E-state index in [0.29, 0.717) is 19.0 Å². The summed E-state index contributed by atoms with van der Waals surface area (Å²) in [7, 11) is 0. The smallest absolute Gasteiger partial charge is 0.323 e. The van der Waals surface area contributed by atoms with Crippen molar-refractivity contribution in [2.75, 3.05) is 0 Å². The van der Waals surface area contributed by atoms with Crippen molar-refractivity contribution in [2.45, 2.75) is 83.5 Å². The fourth-order valence-electron chi connectivity index (χ4n) is 4.33. The van der Waals surface area contributed by atoms with Crippen LogP contribution in [0.15, 0.2) is 24.3 Å². The molecule has 0 aliphatic heterocycles. The predicted molar refractivity (Wildman–Crippen MR) is 104 cm³/mol. The summed E-state index contributed by atoms with van der Waals surface area (Å²) in [5, 5.41) is 3.53. The minimum atomic E-state index is -0.183. The maximum Gasteiger partial charge on any atom is 0.323 e. The number of carbonyl (C=O) groups is 1. The maximum absolute atomic E-state index is 12.9. The van der Waals surface area contributed by atoms with E-state index < -0.39 is 0 Å². The molecule has 2 fully saturated rings. The molecule has 0 aromatic heterocycles. The first kappa shape index (κ1) is 19.4. The van der Waals surface area contributed by atoms with Gasteiger partial charge < -0.3 is 15.8 Å². The molecule has 1 aromatic carbocycles. The average molecular weight is 359 g/mol. The number of esters is 1. The van der Waals surface area contributed by atoms with Crippen LogP contribution in [0.4, 0.5) is 0 Å². The molecule has 0 heterocycles. The van der Waals surface area contributed by atoms with E-state index in [0.717, 1.165) is 37.2 Å². The summed E-state index contributed by atoms with van der Waals surface area (Å²) in [5.74, 6) is 1.14. The van der Waals surface area contributed by atoms with Gasteiger partial charge in [-0.25, -0.2) is 0 Å². The number of carbonyl (C=O) groups excluding carboxylic acids is 1. The van der Waals surface area contributed by atoms with Gasteiger partial charge in [0.15, 0.2) is 0 Å². The zero-order valence-electron chi connectivity index (χ0n) is 16.1. The number of rotatable bonds is 7. The minimum Gasteiger partial charge on any atom is -0.461 e. The third-order valence-electron chi connectivity index (χ3n) is 6.16.